The van der Waals surface area contributed by atoms with E-state index in [-0.39, 0.29) is 21.0 Å². The molecule has 0 aromatic heterocycles. The molecule has 1 aliphatic carbocycles. The summed E-state index contributed by atoms with van der Waals surface area (Å²) in [4.78, 5) is -0.0374. The summed E-state index contributed by atoms with van der Waals surface area (Å²) in [5.74, 6) is 0. The lowest BCUT2D eigenvalue weighted by Gasteiger charge is -2.23. The van der Waals surface area contributed by atoms with Crippen molar-refractivity contribution in [1.29, 1.82) is 0 Å². The van der Waals surface area contributed by atoms with E-state index in [1.54, 1.807) is 0 Å². The van der Waals surface area contributed by atoms with Gasteiger partial charge in [-0.15, -0.1) is 0 Å². The lowest BCUT2D eigenvalue weighted by atomic mass is 9.96. The van der Waals surface area contributed by atoms with Crippen LogP contribution >= 0.6 is 39.1 Å². The van der Waals surface area contributed by atoms with E-state index in [0.717, 1.165) is 32.1 Å². The molecule has 1 aromatic rings. The van der Waals surface area contributed by atoms with Gasteiger partial charge in [0.25, 0.3) is 0 Å². The van der Waals surface area contributed by atoms with Crippen molar-refractivity contribution in [3.63, 3.8) is 0 Å². The molecular weight excluding hydrogens is 373 g/mol. The van der Waals surface area contributed by atoms with Crippen molar-refractivity contribution in [2.75, 3.05) is 0 Å². The summed E-state index contributed by atoms with van der Waals surface area (Å²) in [5.41, 5.74) is 0. The molecule has 0 aliphatic heterocycles. The second-order valence-corrected chi connectivity index (χ2v) is 8.04. The first kappa shape index (κ1) is 15.6. The first-order valence-corrected chi connectivity index (χ1v) is 9.10. The summed E-state index contributed by atoms with van der Waals surface area (Å²) >= 11 is 15.2. The lowest BCUT2D eigenvalue weighted by Crippen LogP contribution is -2.36. The molecule has 0 radical (unpaired) electrons. The van der Waals surface area contributed by atoms with Crippen LogP contribution in [-0.2, 0) is 10.0 Å². The van der Waals surface area contributed by atoms with Gasteiger partial charge >= 0.3 is 0 Å². The highest BCUT2D eigenvalue weighted by atomic mass is 79.9. The van der Waals surface area contributed by atoms with Gasteiger partial charge in [-0.05, 0) is 25.0 Å². The summed E-state index contributed by atoms with van der Waals surface area (Å²) in [6.45, 7) is 0. The Morgan fingerprint density at radius 2 is 1.63 bits per heavy atom. The molecule has 1 aromatic carbocycles. The van der Waals surface area contributed by atoms with Gasteiger partial charge in [0, 0.05) is 10.5 Å². The molecule has 7 heteroatoms. The topological polar surface area (TPSA) is 46.2 Å². The fourth-order valence-corrected chi connectivity index (χ4v) is 5.53. The fourth-order valence-electron chi connectivity index (χ4n) is 2.28. The second kappa shape index (κ2) is 6.31. The molecule has 106 valence electrons. The molecule has 1 N–H and O–H groups in total. The Balaban J connectivity index is 2.29. The maximum atomic E-state index is 12.4. The molecule has 19 heavy (non-hydrogen) atoms. The number of benzene rings is 1. The van der Waals surface area contributed by atoms with Gasteiger partial charge in [-0.25, -0.2) is 13.1 Å². The van der Waals surface area contributed by atoms with Crippen molar-refractivity contribution in [1.82, 2.24) is 4.72 Å². The highest BCUT2D eigenvalue weighted by Crippen LogP contribution is 2.33. The number of hydrogen-bond acceptors (Lipinski definition) is 2. The molecule has 3 nitrogen and oxygen atoms in total. The van der Waals surface area contributed by atoms with Gasteiger partial charge < -0.3 is 0 Å². The molecule has 0 amide bonds. The zero-order valence-corrected chi connectivity index (χ0v) is 14.0. The summed E-state index contributed by atoms with van der Waals surface area (Å²) in [7, 11) is -3.67. The van der Waals surface area contributed by atoms with E-state index in [2.05, 4.69) is 20.7 Å². The van der Waals surface area contributed by atoms with Crippen LogP contribution in [0.5, 0.6) is 0 Å². The Kier molecular flexibility index (Phi) is 5.17. The minimum Gasteiger partial charge on any atom is -0.208 e. The number of nitrogens with one attached hydrogen (secondary N) is 1. The van der Waals surface area contributed by atoms with E-state index in [9.17, 15) is 8.42 Å². The molecule has 1 saturated carbocycles. The predicted molar refractivity (Wildman–Crippen MR) is 81.4 cm³/mol. The Hall–Kier alpha value is 0.190. The lowest BCUT2D eigenvalue weighted by molar-refractivity contribution is 0.412. The third-order valence-electron chi connectivity index (χ3n) is 3.16. The summed E-state index contributed by atoms with van der Waals surface area (Å²) in [6, 6.07) is 3.04. The zero-order valence-electron chi connectivity index (χ0n) is 10.1. The van der Waals surface area contributed by atoms with Gasteiger partial charge in [0.15, 0.2) is 0 Å². The standard InChI is InChI=1S/C12H14BrCl2NO2S/c13-8-6-10(14)12(11(15)7-8)19(17,18)16-9-4-2-1-3-5-9/h6-7,9,16H,1-5H2. The van der Waals surface area contributed by atoms with Crippen LogP contribution in [0, 0.1) is 0 Å². The molecule has 0 unspecified atom stereocenters. The van der Waals surface area contributed by atoms with Crippen LogP contribution in [0.3, 0.4) is 0 Å². The minimum absolute atomic E-state index is 0.0190. The van der Waals surface area contributed by atoms with Crippen LogP contribution in [0.15, 0.2) is 21.5 Å². The summed E-state index contributed by atoms with van der Waals surface area (Å²) < 4.78 is 28.1. The number of halogens is 3. The number of rotatable bonds is 3. The van der Waals surface area contributed by atoms with Gasteiger partial charge in [0.1, 0.15) is 4.90 Å². The average molecular weight is 387 g/mol. The molecule has 0 saturated heterocycles. The largest absolute Gasteiger partial charge is 0.243 e. The van der Waals surface area contributed by atoms with Crippen LogP contribution in [0.4, 0.5) is 0 Å². The maximum absolute atomic E-state index is 12.4. The van der Waals surface area contributed by atoms with Crippen LogP contribution in [-0.4, -0.2) is 14.5 Å². The van der Waals surface area contributed by atoms with Crippen molar-refractivity contribution in [3.05, 3.63) is 26.7 Å². The Bertz CT molecular complexity index is 548. The Labute approximate surface area is 131 Å². The van der Waals surface area contributed by atoms with Gasteiger partial charge in [-0.3, -0.25) is 0 Å². The third kappa shape index (κ3) is 3.85. The SMILES string of the molecule is O=S(=O)(NC1CCCCC1)c1c(Cl)cc(Br)cc1Cl. The van der Waals surface area contributed by atoms with Crippen molar-refractivity contribution in [2.24, 2.45) is 0 Å². The van der Waals surface area contributed by atoms with Crippen molar-refractivity contribution in [3.8, 4) is 0 Å². The van der Waals surface area contributed by atoms with Crippen LogP contribution < -0.4 is 4.72 Å². The minimum atomic E-state index is -3.67. The van der Waals surface area contributed by atoms with Gasteiger partial charge in [0.05, 0.1) is 10.0 Å². The van der Waals surface area contributed by atoms with Gasteiger partial charge in [-0.1, -0.05) is 58.4 Å². The van der Waals surface area contributed by atoms with Crippen LogP contribution in [0.25, 0.3) is 0 Å². The quantitative estimate of drug-likeness (QED) is 0.838. The summed E-state index contributed by atoms with van der Waals surface area (Å²) in [5, 5.41) is 0.255. The third-order valence-corrected chi connectivity index (χ3v) is 6.06. The second-order valence-electron chi connectivity index (χ2n) is 4.65. The molecular formula is C12H14BrCl2NO2S. The van der Waals surface area contributed by atoms with E-state index >= 15 is 0 Å². The number of sulfonamides is 1. The number of hydrogen-bond donors (Lipinski definition) is 1. The Morgan fingerprint density at radius 1 is 1.11 bits per heavy atom. The molecule has 0 heterocycles. The van der Waals surface area contributed by atoms with E-state index in [1.165, 1.54) is 12.1 Å². The van der Waals surface area contributed by atoms with E-state index in [0.29, 0.717) is 4.47 Å². The van der Waals surface area contributed by atoms with E-state index in [4.69, 9.17) is 23.2 Å². The molecule has 0 bridgehead atoms. The van der Waals surface area contributed by atoms with Crippen molar-refractivity contribution < 1.29 is 8.42 Å². The van der Waals surface area contributed by atoms with Crippen molar-refractivity contribution in [2.45, 2.75) is 43.0 Å². The molecule has 0 spiro atoms. The van der Waals surface area contributed by atoms with Gasteiger partial charge in [-0.2, -0.15) is 0 Å². The average Bonchev–Trinajstić information content (AvgIpc) is 2.27. The normalized spacial score (nSPS) is 17.6. The van der Waals surface area contributed by atoms with Crippen LogP contribution in [0.2, 0.25) is 10.0 Å². The molecule has 2 rings (SSSR count). The maximum Gasteiger partial charge on any atom is 0.243 e. The van der Waals surface area contributed by atoms with E-state index in [1.807, 2.05) is 0 Å². The highest BCUT2D eigenvalue weighted by Gasteiger charge is 2.26. The zero-order chi connectivity index (χ0) is 14.0. The van der Waals surface area contributed by atoms with E-state index < -0.39 is 10.0 Å². The van der Waals surface area contributed by atoms with Crippen molar-refractivity contribution >= 4 is 49.2 Å². The fraction of sp³-hybridized carbons (Fsp3) is 0.500. The van der Waals surface area contributed by atoms with Crippen LogP contribution in [0.1, 0.15) is 32.1 Å². The molecule has 0 atom stereocenters. The summed E-state index contributed by atoms with van der Waals surface area (Å²) in [6.07, 6.45) is 5.00. The molecule has 1 fully saturated rings. The van der Waals surface area contributed by atoms with Gasteiger partial charge in [0.2, 0.25) is 10.0 Å². The Morgan fingerprint density at radius 3 is 2.16 bits per heavy atom. The smallest absolute Gasteiger partial charge is 0.208 e. The first-order valence-electron chi connectivity index (χ1n) is 6.07. The molecule has 1 aliphatic rings. The predicted octanol–water partition coefficient (Wildman–Crippen LogP) is 4.37. The highest BCUT2D eigenvalue weighted by molar-refractivity contribution is 9.10. The monoisotopic (exact) mass is 385 g/mol. The first-order chi connectivity index (χ1) is 8.90.